The lowest BCUT2D eigenvalue weighted by atomic mass is 9.72. The molecule has 1 atom stereocenters. The molecule has 0 radical (unpaired) electrons. The number of carbonyl (C=O) groups excluding carboxylic acids is 1. The van der Waals surface area contributed by atoms with Crippen LogP contribution in [0.5, 0.6) is 5.75 Å². The molecule has 1 saturated heterocycles. The van der Waals surface area contributed by atoms with Crippen LogP contribution >= 0.6 is 11.6 Å². The second-order valence-electron chi connectivity index (χ2n) is 9.32. The topological polar surface area (TPSA) is 59.0 Å². The van der Waals surface area contributed by atoms with Crippen molar-refractivity contribution in [3.63, 3.8) is 0 Å². The maximum Gasteiger partial charge on any atom is 0.233 e. The number of piperidine rings is 1. The minimum Gasteiger partial charge on any atom is -0.487 e. The van der Waals surface area contributed by atoms with Gasteiger partial charge in [0.2, 0.25) is 5.91 Å². The molecule has 0 spiro atoms. The normalized spacial score (nSPS) is 19.8. The molecule has 2 aromatic rings. The lowest BCUT2D eigenvalue weighted by Gasteiger charge is -2.42. The van der Waals surface area contributed by atoms with Crippen molar-refractivity contribution in [2.24, 2.45) is 0 Å². The Kier molecular flexibility index (Phi) is 7.94. The smallest absolute Gasteiger partial charge is 0.233 e. The highest BCUT2D eigenvalue weighted by Gasteiger charge is 2.45. The highest BCUT2D eigenvalue weighted by molar-refractivity contribution is 6.32. The number of halogens is 1. The van der Waals surface area contributed by atoms with Gasteiger partial charge in [0.25, 0.3) is 0 Å². The molecule has 6 heteroatoms. The van der Waals surface area contributed by atoms with Crippen molar-refractivity contribution in [2.75, 3.05) is 20.2 Å². The van der Waals surface area contributed by atoms with Gasteiger partial charge in [-0.05, 0) is 48.9 Å². The number of likely N-dealkylation sites (tertiary alicyclic amines) is 1. The molecule has 2 fully saturated rings. The first kappa shape index (κ1) is 24.1. The van der Waals surface area contributed by atoms with Crippen molar-refractivity contribution >= 4 is 17.5 Å². The molecule has 1 unspecified atom stereocenters. The van der Waals surface area contributed by atoms with Gasteiger partial charge in [-0.3, -0.25) is 4.79 Å². The summed E-state index contributed by atoms with van der Waals surface area (Å²) in [6.07, 6.45) is 6.04. The number of aliphatic hydroxyl groups is 1. The van der Waals surface area contributed by atoms with E-state index in [1.165, 1.54) is 0 Å². The SMILES string of the molecule is COC1CCN(C(=O)C(c2ccc(OCc3ccccc3)c(Cl)c2)C2(O)CCCCC2)CC1. The third-order valence-electron chi connectivity index (χ3n) is 7.12. The Morgan fingerprint density at radius 1 is 1.12 bits per heavy atom. The van der Waals surface area contributed by atoms with Crippen LogP contribution in [0.2, 0.25) is 5.02 Å². The van der Waals surface area contributed by atoms with Crippen molar-refractivity contribution in [2.45, 2.75) is 69.2 Å². The minimum atomic E-state index is -1.05. The molecule has 1 aliphatic heterocycles. The Labute approximate surface area is 201 Å². The fourth-order valence-corrected chi connectivity index (χ4v) is 5.42. The number of hydrogen-bond acceptors (Lipinski definition) is 4. The molecule has 5 nitrogen and oxygen atoms in total. The van der Waals surface area contributed by atoms with E-state index < -0.39 is 11.5 Å². The monoisotopic (exact) mass is 471 g/mol. The molecule has 1 amide bonds. The molecule has 1 saturated carbocycles. The Hall–Kier alpha value is -2.08. The molecule has 1 heterocycles. The predicted octanol–water partition coefficient (Wildman–Crippen LogP) is 5.34. The predicted molar refractivity (Wildman–Crippen MR) is 130 cm³/mol. The fourth-order valence-electron chi connectivity index (χ4n) is 5.18. The summed E-state index contributed by atoms with van der Waals surface area (Å²) < 4.78 is 11.4. The van der Waals surface area contributed by atoms with Gasteiger partial charge in [0.05, 0.1) is 22.6 Å². The first-order valence-electron chi connectivity index (χ1n) is 12.0. The van der Waals surface area contributed by atoms with Gasteiger partial charge in [0.1, 0.15) is 12.4 Å². The molecule has 4 rings (SSSR count). The second kappa shape index (κ2) is 10.9. The van der Waals surface area contributed by atoms with Gasteiger partial charge in [-0.1, -0.05) is 67.3 Å². The van der Waals surface area contributed by atoms with Crippen LogP contribution in [0.25, 0.3) is 0 Å². The Morgan fingerprint density at radius 2 is 1.82 bits per heavy atom. The average Bonchev–Trinajstić information content (AvgIpc) is 2.84. The molecule has 1 N–H and O–H groups in total. The summed E-state index contributed by atoms with van der Waals surface area (Å²) in [4.78, 5) is 15.6. The second-order valence-corrected chi connectivity index (χ2v) is 9.73. The molecule has 1 aliphatic carbocycles. The van der Waals surface area contributed by atoms with Crippen LogP contribution in [-0.4, -0.2) is 47.8 Å². The van der Waals surface area contributed by atoms with Gasteiger partial charge in [-0.25, -0.2) is 0 Å². The highest BCUT2D eigenvalue weighted by atomic mass is 35.5. The van der Waals surface area contributed by atoms with E-state index in [0.29, 0.717) is 43.3 Å². The van der Waals surface area contributed by atoms with E-state index in [1.54, 1.807) is 13.2 Å². The Bertz CT molecular complexity index is 921. The summed E-state index contributed by atoms with van der Waals surface area (Å²) in [5, 5.41) is 12.1. The number of amides is 1. The molecular weight excluding hydrogens is 438 g/mol. The van der Waals surface area contributed by atoms with Crippen LogP contribution in [0.3, 0.4) is 0 Å². The summed E-state index contributed by atoms with van der Waals surface area (Å²) in [7, 11) is 1.72. The number of hydrogen-bond donors (Lipinski definition) is 1. The molecule has 2 aliphatic rings. The van der Waals surface area contributed by atoms with Gasteiger partial charge in [-0.15, -0.1) is 0 Å². The Balaban J connectivity index is 1.56. The third kappa shape index (κ3) is 5.71. The van der Waals surface area contributed by atoms with Gasteiger partial charge < -0.3 is 19.5 Å². The summed E-state index contributed by atoms with van der Waals surface area (Å²) >= 11 is 6.60. The van der Waals surface area contributed by atoms with E-state index in [0.717, 1.165) is 43.2 Å². The van der Waals surface area contributed by atoms with Gasteiger partial charge in [-0.2, -0.15) is 0 Å². The van der Waals surface area contributed by atoms with E-state index in [-0.39, 0.29) is 12.0 Å². The van der Waals surface area contributed by atoms with Crippen LogP contribution < -0.4 is 4.74 Å². The van der Waals surface area contributed by atoms with Crippen LogP contribution in [0.4, 0.5) is 0 Å². The summed E-state index contributed by atoms with van der Waals surface area (Å²) in [6, 6.07) is 15.4. The van der Waals surface area contributed by atoms with Crippen molar-refractivity contribution < 1.29 is 19.4 Å². The van der Waals surface area contributed by atoms with E-state index in [2.05, 4.69) is 0 Å². The lowest BCUT2D eigenvalue weighted by Crippen LogP contribution is -2.50. The standard InChI is InChI=1S/C27H34ClNO4/c1-32-22-12-16-29(17-13-22)26(30)25(27(31)14-6-3-7-15-27)21-10-11-24(23(28)18-21)33-19-20-8-4-2-5-9-20/h2,4-5,8-11,18,22,25,31H,3,6-7,12-17,19H2,1H3. The fraction of sp³-hybridized carbons (Fsp3) is 0.519. The van der Waals surface area contributed by atoms with E-state index in [9.17, 15) is 9.90 Å². The number of carbonyl (C=O) groups is 1. The number of rotatable bonds is 7. The summed E-state index contributed by atoms with van der Waals surface area (Å²) in [6.45, 7) is 1.71. The van der Waals surface area contributed by atoms with Crippen LogP contribution in [0.15, 0.2) is 48.5 Å². The van der Waals surface area contributed by atoms with Crippen molar-refractivity contribution in [3.05, 3.63) is 64.7 Å². The maximum absolute atomic E-state index is 13.8. The molecule has 2 aromatic carbocycles. The largest absolute Gasteiger partial charge is 0.487 e. The quantitative estimate of drug-likeness (QED) is 0.592. The number of methoxy groups -OCH3 is 1. The van der Waals surface area contributed by atoms with Crippen LogP contribution in [-0.2, 0) is 16.1 Å². The zero-order valence-electron chi connectivity index (χ0n) is 19.3. The average molecular weight is 472 g/mol. The van der Waals surface area contributed by atoms with E-state index in [4.69, 9.17) is 21.1 Å². The maximum atomic E-state index is 13.8. The van der Waals surface area contributed by atoms with Crippen LogP contribution in [0.1, 0.15) is 62.0 Å². The Morgan fingerprint density at radius 3 is 2.45 bits per heavy atom. The van der Waals surface area contributed by atoms with Crippen molar-refractivity contribution in [3.8, 4) is 5.75 Å². The first-order valence-corrected chi connectivity index (χ1v) is 12.4. The lowest BCUT2D eigenvalue weighted by molar-refractivity contribution is -0.144. The number of nitrogens with zero attached hydrogens (tertiary/aromatic N) is 1. The van der Waals surface area contributed by atoms with Gasteiger partial charge in [0.15, 0.2) is 0 Å². The minimum absolute atomic E-state index is 0.0111. The molecule has 33 heavy (non-hydrogen) atoms. The highest BCUT2D eigenvalue weighted by Crippen LogP contribution is 2.43. The van der Waals surface area contributed by atoms with Crippen molar-refractivity contribution in [1.82, 2.24) is 4.90 Å². The summed E-state index contributed by atoms with van der Waals surface area (Å²) in [5.74, 6) is -0.0625. The summed E-state index contributed by atoms with van der Waals surface area (Å²) in [5.41, 5.74) is 0.764. The molecule has 0 aromatic heterocycles. The number of benzene rings is 2. The van der Waals surface area contributed by atoms with Gasteiger partial charge >= 0.3 is 0 Å². The molecular formula is C27H34ClNO4. The first-order chi connectivity index (χ1) is 16.0. The van der Waals surface area contributed by atoms with E-state index >= 15 is 0 Å². The number of ether oxygens (including phenoxy) is 2. The zero-order chi connectivity index (χ0) is 23.3. The van der Waals surface area contributed by atoms with Gasteiger partial charge in [0, 0.05) is 20.2 Å². The molecule has 0 bridgehead atoms. The third-order valence-corrected chi connectivity index (χ3v) is 7.41. The zero-order valence-corrected chi connectivity index (χ0v) is 20.1. The van der Waals surface area contributed by atoms with Crippen LogP contribution in [0, 0.1) is 0 Å². The van der Waals surface area contributed by atoms with E-state index in [1.807, 2.05) is 47.4 Å². The molecule has 178 valence electrons. The van der Waals surface area contributed by atoms with Crippen molar-refractivity contribution in [1.29, 1.82) is 0 Å².